The summed E-state index contributed by atoms with van der Waals surface area (Å²) in [5, 5.41) is 2.24. The first-order valence-corrected chi connectivity index (χ1v) is 8.82. The van der Waals surface area contributed by atoms with Gasteiger partial charge >= 0.3 is 0 Å². The summed E-state index contributed by atoms with van der Waals surface area (Å²) in [4.78, 5) is 11.2. The summed E-state index contributed by atoms with van der Waals surface area (Å²) in [6.07, 6.45) is 0. The maximum absolute atomic E-state index is 13.9. The molecule has 0 saturated heterocycles. The van der Waals surface area contributed by atoms with E-state index in [2.05, 4.69) is 10.0 Å². The van der Waals surface area contributed by atoms with E-state index in [1.807, 2.05) is 0 Å². The first-order valence-electron chi connectivity index (χ1n) is 7.34. The summed E-state index contributed by atoms with van der Waals surface area (Å²) in [6.45, 7) is 7.89. The van der Waals surface area contributed by atoms with Crippen molar-refractivity contribution in [3.63, 3.8) is 0 Å². The van der Waals surface area contributed by atoms with Gasteiger partial charge in [-0.2, -0.15) is 0 Å². The molecule has 0 fully saturated rings. The van der Waals surface area contributed by atoms with Crippen LogP contribution in [0.3, 0.4) is 0 Å². The van der Waals surface area contributed by atoms with Gasteiger partial charge in [0.1, 0.15) is 16.5 Å². The number of nitrogens with two attached hydrogens (primary N) is 1. The zero-order chi connectivity index (χ0) is 18.9. The minimum absolute atomic E-state index is 0. The van der Waals surface area contributed by atoms with Crippen LogP contribution in [0.2, 0.25) is 0 Å². The largest absolute Gasteiger partial charge is 0.327 e. The van der Waals surface area contributed by atoms with E-state index in [4.69, 9.17) is 5.73 Å². The van der Waals surface area contributed by atoms with E-state index < -0.39 is 55.6 Å². The fourth-order valence-electron chi connectivity index (χ4n) is 1.77. The first-order chi connectivity index (χ1) is 10.7. The number of nitrogens with one attached hydrogen (secondary N) is 2. The van der Waals surface area contributed by atoms with Crippen molar-refractivity contribution < 1.29 is 22.0 Å². The summed E-state index contributed by atoms with van der Waals surface area (Å²) in [6, 6.07) is 0.688. The molecule has 0 bridgehead atoms. The predicted molar refractivity (Wildman–Crippen MR) is 95.1 cm³/mol. The van der Waals surface area contributed by atoms with Gasteiger partial charge in [0.05, 0.1) is 11.6 Å². The highest BCUT2D eigenvalue weighted by molar-refractivity contribution is 7.89. The number of benzene rings is 1. The average molecular weight is 400 g/mol. The van der Waals surface area contributed by atoms with Crippen LogP contribution in [0.5, 0.6) is 0 Å². The molecule has 1 amide bonds. The molecule has 0 radical (unpaired) electrons. The van der Waals surface area contributed by atoms with Crippen molar-refractivity contribution in [1.29, 1.82) is 0 Å². The Labute approximate surface area is 153 Å². The van der Waals surface area contributed by atoms with E-state index in [1.165, 1.54) is 0 Å². The smallest absolute Gasteiger partial charge is 0.244 e. The lowest BCUT2D eigenvalue weighted by atomic mass is 10.0. The van der Waals surface area contributed by atoms with Gasteiger partial charge in [0.2, 0.25) is 15.9 Å². The van der Waals surface area contributed by atoms with Crippen LogP contribution >= 0.6 is 12.4 Å². The number of halogens is 3. The van der Waals surface area contributed by atoms with E-state index in [1.54, 1.807) is 34.6 Å². The molecular formula is C15H24ClF2N3O3S. The topological polar surface area (TPSA) is 101 Å². The van der Waals surface area contributed by atoms with E-state index >= 15 is 0 Å². The van der Waals surface area contributed by atoms with Crippen molar-refractivity contribution in [1.82, 2.24) is 4.72 Å². The second-order valence-corrected chi connectivity index (χ2v) is 8.41. The lowest BCUT2D eigenvalue weighted by Gasteiger charge is -2.21. The van der Waals surface area contributed by atoms with Crippen molar-refractivity contribution in [2.24, 2.45) is 11.7 Å². The summed E-state index contributed by atoms with van der Waals surface area (Å²) < 4.78 is 54.6. The molecule has 1 rings (SSSR count). The quantitative estimate of drug-likeness (QED) is 0.707. The number of amides is 1. The summed E-state index contributed by atoms with van der Waals surface area (Å²) in [7, 11) is -4.23. The van der Waals surface area contributed by atoms with Gasteiger partial charge in [-0.25, -0.2) is 21.9 Å². The number of carbonyl (C=O) groups is 1. The monoisotopic (exact) mass is 399 g/mol. The Bertz CT molecular complexity index is 734. The van der Waals surface area contributed by atoms with Crippen LogP contribution in [-0.2, 0) is 14.8 Å². The average Bonchev–Trinajstić information content (AvgIpc) is 2.37. The van der Waals surface area contributed by atoms with E-state index in [9.17, 15) is 22.0 Å². The third-order valence-corrected chi connectivity index (χ3v) is 4.98. The Morgan fingerprint density at radius 2 is 1.68 bits per heavy atom. The molecule has 2 atom stereocenters. The van der Waals surface area contributed by atoms with Crippen LogP contribution < -0.4 is 15.8 Å². The minimum Gasteiger partial charge on any atom is -0.327 e. The second-order valence-electron chi connectivity index (χ2n) is 6.76. The molecule has 4 N–H and O–H groups in total. The van der Waals surface area contributed by atoms with Gasteiger partial charge < -0.3 is 11.1 Å². The Morgan fingerprint density at radius 3 is 2.12 bits per heavy atom. The van der Waals surface area contributed by atoms with Gasteiger partial charge in [0.25, 0.3) is 0 Å². The fraction of sp³-hybridized carbons (Fsp3) is 0.533. The third-order valence-electron chi connectivity index (χ3n) is 3.21. The highest BCUT2D eigenvalue weighted by Crippen LogP contribution is 2.24. The van der Waals surface area contributed by atoms with E-state index in [-0.39, 0.29) is 12.4 Å². The first kappa shape index (κ1) is 23.7. The maximum atomic E-state index is 13.9. The fourth-order valence-corrected chi connectivity index (χ4v) is 3.28. The molecule has 0 aliphatic rings. The Kier molecular flexibility index (Phi) is 7.96. The molecule has 0 spiro atoms. The van der Waals surface area contributed by atoms with Gasteiger partial charge in [0, 0.05) is 17.6 Å². The van der Waals surface area contributed by atoms with Crippen molar-refractivity contribution in [3.8, 4) is 0 Å². The van der Waals surface area contributed by atoms with Crippen LogP contribution in [0.4, 0.5) is 14.5 Å². The minimum atomic E-state index is -4.23. The number of hydrogen-bond acceptors (Lipinski definition) is 4. The van der Waals surface area contributed by atoms with Gasteiger partial charge in [-0.3, -0.25) is 4.79 Å². The molecular weight excluding hydrogens is 376 g/mol. The zero-order valence-corrected chi connectivity index (χ0v) is 16.3. The molecule has 25 heavy (non-hydrogen) atoms. The highest BCUT2D eigenvalue weighted by Gasteiger charge is 2.27. The number of rotatable bonds is 5. The second kappa shape index (κ2) is 8.39. The molecule has 0 aromatic heterocycles. The normalized spacial score (nSPS) is 14.4. The van der Waals surface area contributed by atoms with Crippen molar-refractivity contribution >= 4 is 34.0 Å². The molecule has 0 aliphatic carbocycles. The zero-order valence-electron chi connectivity index (χ0n) is 14.7. The van der Waals surface area contributed by atoms with Crippen LogP contribution in [0.15, 0.2) is 17.0 Å². The molecule has 0 saturated carbocycles. The molecule has 2 unspecified atom stereocenters. The standard InChI is InChI=1S/C15H23F2N3O3S.ClH/c1-8(9(2)18)14(21)19-12-7-13(11(17)6-10(12)16)24(22,23)20-15(3,4)5;/h6-9,20H,18H2,1-5H3,(H,19,21);1H. The lowest BCUT2D eigenvalue weighted by molar-refractivity contribution is -0.119. The number of carbonyl (C=O) groups excluding carboxylic acids is 1. The summed E-state index contributed by atoms with van der Waals surface area (Å²) >= 11 is 0. The number of anilines is 1. The molecule has 10 heteroatoms. The van der Waals surface area contributed by atoms with E-state index in [0.717, 1.165) is 6.07 Å². The Morgan fingerprint density at radius 1 is 1.16 bits per heavy atom. The number of hydrogen-bond donors (Lipinski definition) is 3. The third kappa shape index (κ3) is 6.50. The van der Waals surface area contributed by atoms with Gasteiger partial charge in [-0.1, -0.05) is 6.92 Å². The van der Waals surface area contributed by atoms with Crippen molar-refractivity contribution in [3.05, 3.63) is 23.8 Å². The van der Waals surface area contributed by atoms with Crippen LogP contribution in [0, 0.1) is 17.6 Å². The van der Waals surface area contributed by atoms with E-state index in [0.29, 0.717) is 6.07 Å². The molecule has 0 heterocycles. The predicted octanol–water partition coefficient (Wildman–Crippen LogP) is 2.39. The molecule has 1 aromatic carbocycles. The Hall–Kier alpha value is -1.29. The molecule has 0 aliphatic heterocycles. The van der Waals surface area contributed by atoms with Gasteiger partial charge in [0.15, 0.2) is 0 Å². The SMILES string of the molecule is CC(N)C(C)C(=O)Nc1cc(S(=O)(=O)NC(C)(C)C)c(F)cc1F.Cl. The molecule has 1 aromatic rings. The summed E-state index contributed by atoms with van der Waals surface area (Å²) in [5.74, 6) is -3.56. The molecule has 6 nitrogen and oxygen atoms in total. The molecule has 144 valence electrons. The summed E-state index contributed by atoms with van der Waals surface area (Å²) in [5.41, 5.74) is 4.32. The van der Waals surface area contributed by atoms with Crippen LogP contribution in [0.1, 0.15) is 34.6 Å². The highest BCUT2D eigenvalue weighted by atomic mass is 35.5. The van der Waals surface area contributed by atoms with Crippen molar-refractivity contribution in [2.75, 3.05) is 5.32 Å². The Balaban J connectivity index is 0.00000576. The van der Waals surface area contributed by atoms with Crippen LogP contribution in [-0.4, -0.2) is 25.9 Å². The van der Waals surface area contributed by atoms with Gasteiger partial charge in [-0.05, 0) is 33.8 Å². The lowest BCUT2D eigenvalue weighted by Crippen LogP contribution is -2.41. The van der Waals surface area contributed by atoms with Crippen molar-refractivity contribution in [2.45, 2.75) is 51.1 Å². The van der Waals surface area contributed by atoms with Crippen LogP contribution in [0.25, 0.3) is 0 Å². The maximum Gasteiger partial charge on any atom is 0.244 e. The van der Waals surface area contributed by atoms with Gasteiger partial charge in [-0.15, -0.1) is 12.4 Å². The number of sulfonamides is 1.